The molecule has 1 unspecified atom stereocenters. The van der Waals surface area contributed by atoms with Crippen molar-refractivity contribution >= 4 is 17.4 Å². The lowest BCUT2D eigenvalue weighted by Crippen LogP contribution is -2.55. The first-order valence-electron chi connectivity index (χ1n) is 22.1. The molecule has 2 N–H and O–H groups in total. The summed E-state index contributed by atoms with van der Waals surface area (Å²) in [4.78, 5) is 44.1. The number of hydroxylamine groups is 2. The van der Waals surface area contributed by atoms with Crippen LogP contribution < -0.4 is 9.64 Å². The van der Waals surface area contributed by atoms with Crippen LogP contribution in [-0.2, 0) is 16.2 Å². The molecule has 3 aliphatic carbocycles. The first-order chi connectivity index (χ1) is 27.6. The van der Waals surface area contributed by atoms with Crippen molar-refractivity contribution in [3.05, 3.63) is 47.5 Å². The lowest BCUT2D eigenvalue weighted by atomic mass is 9.43. The van der Waals surface area contributed by atoms with Crippen LogP contribution in [0.3, 0.4) is 0 Å². The van der Waals surface area contributed by atoms with Gasteiger partial charge in [0.05, 0.1) is 26.4 Å². The van der Waals surface area contributed by atoms with Crippen molar-refractivity contribution in [3.8, 4) is 16.9 Å². The van der Waals surface area contributed by atoms with E-state index in [1.807, 2.05) is 54.2 Å². The Kier molecular flexibility index (Phi) is 15.9. The van der Waals surface area contributed by atoms with Crippen molar-refractivity contribution in [2.75, 3.05) is 85.1 Å². The molecule has 11 nitrogen and oxygen atoms in total. The molecular formula is C47H75N5O6. The number of carbonyl (C=O) groups is 2. The number of rotatable bonds is 21. The number of amides is 1. The van der Waals surface area contributed by atoms with Crippen molar-refractivity contribution < 1.29 is 29.4 Å². The number of fused-ring (bicyclic) bond motifs is 2. The molecule has 8 atom stereocenters. The fraction of sp³-hybridized carbons (Fsp3) is 0.702. The summed E-state index contributed by atoms with van der Waals surface area (Å²) in [6, 6.07) is 11.3. The summed E-state index contributed by atoms with van der Waals surface area (Å²) < 4.78 is 6.18. The van der Waals surface area contributed by atoms with Crippen LogP contribution in [0.5, 0.6) is 5.75 Å². The molecule has 3 saturated carbocycles. The van der Waals surface area contributed by atoms with E-state index >= 15 is 0 Å². The molecule has 2 aromatic carbocycles. The van der Waals surface area contributed by atoms with Crippen molar-refractivity contribution in [3.63, 3.8) is 0 Å². The van der Waals surface area contributed by atoms with Gasteiger partial charge in [-0.15, -0.1) is 0 Å². The highest BCUT2D eigenvalue weighted by Gasteiger charge is 2.57. The van der Waals surface area contributed by atoms with Crippen LogP contribution in [0.25, 0.3) is 11.1 Å². The topological polar surface area (TPSA) is 109 Å². The molecule has 2 aromatic rings. The van der Waals surface area contributed by atoms with Crippen molar-refractivity contribution in [1.82, 2.24) is 19.8 Å². The number of hydrogen-bond donors (Lipinski definition) is 2. The van der Waals surface area contributed by atoms with Gasteiger partial charge in [0.2, 0.25) is 0 Å². The number of methoxy groups -OCH3 is 1. The Morgan fingerprint density at radius 1 is 0.966 bits per heavy atom. The second-order valence-electron chi connectivity index (χ2n) is 18.1. The number of anilines is 1. The third-order valence-corrected chi connectivity index (χ3v) is 14.5. The number of likely N-dealkylation sites (N-methyl/N-ethyl adjacent to an activating group) is 2. The van der Waals surface area contributed by atoms with Gasteiger partial charge in [0.25, 0.3) is 5.91 Å². The third kappa shape index (κ3) is 9.76. The largest absolute Gasteiger partial charge is 0.496 e. The minimum Gasteiger partial charge on any atom is -0.496 e. The molecule has 1 saturated heterocycles. The first-order valence-corrected chi connectivity index (χ1v) is 22.1. The van der Waals surface area contributed by atoms with Gasteiger partial charge in [-0.1, -0.05) is 66.7 Å². The zero-order chi connectivity index (χ0) is 42.5. The number of Topliss-reactive ketones (excluding diaryl/α,β-unsaturated/α-hetero) is 1. The Bertz CT molecular complexity index is 1660. The average Bonchev–Trinajstić information content (AvgIpc) is 3.59. The van der Waals surface area contributed by atoms with E-state index in [0.29, 0.717) is 54.0 Å². The molecule has 0 radical (unpaired) electrons. The van der Waals surface area contributed by atoms with Crippen LogP contribution in [0, 0.1) is 35.0 Å². The predicted octanol–water partition coefficient (Wildman–Crippen LogP) is 6.31. The van der Waals surface area contributed by atoms with E-state index in [2.05, 4.69) is 64.3 Å². The molecular weight excluding hydrogens is 731 g/mol. The summed E-state index contributed by atoms with van der Waals surface area (Å²) in [5.74, 6) is 2.09. The van der Waals surface area contributed by atoms with Gasteiger partial charge >= 0.3 is 0 Å². The fourth-order valence-electron chi connectivity index (χ4n) is 10.4. The molecule has 1 heterocycles. The number of nitrogens with zero attached hydrogens (tertiary/aromatic N) is 5. The highest BCUT2D eigenvalue weighted by atomic mass is 16.7. The Morgan fingerprint density at radius 2 is 1.60 bits per heavy atom. The number of hydrogen-bond acceptors (Lipinski definition) is 10. The molecule has 58 heavy (non-hydrogen) atoms. The highest BCUT2D eigenvalue weighted by molar-refractivity contribution is 5.97. The van der Waals surface area contributed by atoms with Gasteiger partial charge in [0, 0.05) is 75.0 Å². The van der Waals surface area contributed by atoms with Gasteiger partial charge < -0.3 is 34.5 Å². The smallest absolute Gasteiger partial charge is 0.254 e. The Morgan fingerprint density at radius 3 is 2.12 bits per heavy atom. The fourth-order valence-corrected chi connectivity index (χ4v) is 10.4. The van der Waals surface area contributed by atoms with Crippen molar-refractivity contribution in [2.45, 2.75) is 99.4 Å². The molecule has 4 fully saturated rings. The van der Waals surface area contributed by atoms with E-state index in [-0.39, 0.29) is 30.8 Å². The molecule has 0 aromatic heterocycles. The molecule has 11 heteroatoms. The van der Waals surface area contributed by atoms with Crippen molar-refractivity contribution in [2.24, 2.45) is 35.0 Å². The Labute approximate surface area is 349 Å². The van der Waals surface area contributed by atoms with Gasteiger partial charge in [-0.25, -0.2) is 0 Å². The van der Waals surface area contributed by atoms with Gasteiger partial charge in [-0.2, -0.15) is 5.06 Å². The number of ketones is 1. The summed E-state index contributed by atoms with van der Waals surface area (Å²) in [7, 11) is 5.61. The summed E-state index contributed by atoms with van der Waals surface area (Å²) in [6.45, 7) is 23.9. The maximum absolute atomic E-state index is 14.5. The lowest BCUT2D eigenvalue weighted by Gasteiger charge is -2.62. The SMILES string of the molecule is CCN(CC)CCN(CCN(CC)CC)C(=O)c1cc(-c2cccc(CN3O[C@@H](CO)[C@@H]([C@H](C)O)[C@H]3C(=O)CC3C[C@H]4C[C@@H]([C@@H]3C)C4(C)C)c2OC)cc(N(C)C)c1. The number of aliphatic hydroxyl groups is 2. The number of para-hydroxylation sites is 1. The lowest BCUT2D eigenvalue weighted by molar-refractivity contribution is -0.183. The standard InChI is InChI=1S/C47H75N5O6/c1-12-49(13-2)19-21-51(22-20-50(14-3)15-4)46(56)36-23-35(25-38(26-36)48(9)10)39-18-16-17-33(45(39)57-11)29-52-44(43(32(6)54)42(30-53)58-52)41(55)27-34-24-37-28-40(31(34)5)47(37,7)8/h16-18,23,25-26,31-32,34,37,40,42-44,53-54H,12-15,19-22,24,27-30H2,1-11H3/t31-,32+,34?,37+,40+,42+,43-,44-/m1/s1. The normalized spacial score (nSPS) is 25.8. The Balaban J connectivity index is 1.46. The highest BCUT2D eigenvalue weighted by Crippen LogP contribution is 2.63. The zero-order valence-corrected chi connectivity index (χ0v) is 37.5. The minimum absolute atomic E-state index is 0.00133. The summed E-state index contributed by atoms with van der Waals surface area (Å²) >= 11 is 0. The molecule has 0 spiro atoms. The maximum Gasteiger partial charge on any atom is 0.254 e. The van der Waals surface area contributed by atoms with Crippen LogP contribution in [0.1, 0.15) is 90.6 Å². The Hall–Kier alpha value is -3.06. The van der Waals surface area contributed by atoms with E-state index in [4.69, 9.17) is 9.57 Å². The molecule has 324 valence electrons. The predicted molar refractivity (Wildman–Crippen MR) is 233 cm³/mol. The summed E-state index contributed by atoms with van der Waals surface area (Å²) in [6.07, 6.45) is 1.15. The second kappa shape index (κ2) is 20.0. The summed E-state index contributed by atoms with van der Waals surface area (Å²) in [5, 5.41) is 23.2. The van der Waals surface area contributed by atoms with Crippen LogP contribution in [-0.4, -0.2) is 140 Å². The van der Waals surface area contributed by atoms with E-state index < -0.39 is 24.2 Å². The number of carbonyl (C=O) groups excluding carboxylic acids is 2. The monoisotopic (exact) mass is 806 g/mol. The van der Waals surface area contributed by atoms with E-state index in [1.165, 1.54) is 6.42 Å². The molecule has 1 amide bonds. The zero-order valence-electron chi connectivity index (χ0n) is 37.5. The first kappa shape index (κ1) is 46.0. The summed E-state index contributed by atoms with van der Waals surface area (Å²) in [5.41, 5.74) is 4.31. The van der Waals surface area contributed by atoms with Gasteiger partial charge in [-0.05, 0) is 98.8 Å². The van der Waals surface area contributed by atoms with Crippen LogP contribution in [0.4, 0.5) is 5.69 Å². The second-order valence-corrected chi connectivity index (χ2v) is 18.1. The van der Waals surface area contributed by atoms with Crippen LogP contribution in [0.2, 0.25) is 0 Å². The molecule has 4 aliphatic rings. The third-order valence-electron chi connectivity index (χ3n) is 14.5. The number of aliphatic hydroxyl groups excluding tert-OH is 2. The van der Waals surface area contributed by atoms with Gasteiger partial charge in [0.1, 0.15) is 17.9 Å². The van der Waals surface area contributed by atoms with E-state index in [9.17, 15) is 19.8 Å². The van der Waals surface area contributed by atoms with Crippen LogP contribution in [0.15, 0.2) is 36.4 Å². The number of benzene rings is 2. The van der Waals surface area contributed by atoms with E-state index in [0.717, 1.165) is 68.1 Å². The minimum atomic E-state index is -0.858. The van der Waals surface area contributed by atoms with Crippen LogP contribution >= 0.6 is 0 Å². The van der Waals surface area contributed by atoms with E-state index in [1.54, 1.807) is 19.1 Å². The number of ether oxygens (including phenoxy) is 1. The molecule has 1 aliphatic heterocycles. The maximum atomic E-state index is 14.5. The van der Waals surface area contributed by atoms with Gasteiger partial charge in [0.15, 0.2) is 5.78 Å². The average molecular weight is 806 g/mol. The van der Waals surface area contributed by atoms with Gasteiger partial charge in [-0.3, -0.25) is 14.4 Å². The van der Waals surface area contributed by atoms with Crippen molar-refractivity contribution in [1.29, 1.82) is 0 Å². The quantitative estimate of drug-likeness (QED) is 0.149. The molecule has 6 rings (SSSR count). The molecule has 2 bridgehead atoms.